The molecule has 25 heavy (non-hydrogen) atoms. The number of carbonyl (C=O) groups excluding carboxylic acids is 1. The number of carboxylic acid groups (broad SMARTS) is 1. The number of hydrogen-bond donors (Lipinski definition) is 2. The van der Waals surface area contributed by atoms with Gasteiger partial charge in [0.15, 0.2) is 0 Å². The third kappa shape index (κ3) is 3.40. The third-order valence-corrected chi connectivity index (χ3v) is 4.34. The van der Waals surface area contributed by atoms with Gasteiger partial charge in [0.1, 0.15) is 12.6 Å². The first kappa shape index (κ1) is 16.8. The van der Waals surface area contributed by atoms with Crippen LogP contribution in [0, 0.1) is 0 Å². The fourth-order valence-electron chi connectivity index (χ4n) is 3.17. The summed E-state index contributed by atoms with van der Waals surface area (Å²) in [4.78, 5) is 23.1. The maximum atomic E-state index is 12.0. The monoisotopic (exact) mass is 337 g/mol. The molecule has 0 aromatic heterocycles. The minimum Gasteiger partial charge on any atom is -0.480 e. The van der Waals surface area contributed by atoms with Crippen molar-refractivity contribution in [2.75, 3.05) is 6.61 Å². The molecule has 2 aromatic carbocycles. The Kier molecular flexibility index (Phi) is 4.84. The second kappa shape index (κ2) is 7.21. The first-order valence-corrected chi connectivity index (χ1v) is 8.07. The second-order valence-corrected chi connectivity index (χ2v) is 5.89. The Morgan fingerprint density at radius 2 is 1.68 bits per heavy atom. The molecular weight excluding hydrogens is 318 g/mol. The summed E-state index contributed by atoms with van der Waals surface area (Å²) in [5, 5.41) is 11.4. The maximum Gasteiger partial charge on any atom is 0.407 e. The van der Waals surface area contributed by atoms with E-state index in [0.29, 0.717) is 0 Å². The van der Waals surface area contributed by atoms with Crippen molar-refractivity contribution >= 4 is 12.1 Å². The predicted octanol–water partition coefficient (Wildman–Crippen LogP) is 3.55. The van der Waals surface area contributed by atoms with Crippen LogP contribution in [0.1, 0.15) is 23.5 Å². The maximum absolute atomic E-state index is 12.0. The normalized spacial score (nSPS) is 13.4. The average molecular weight is 337 g/mol. The molecule has 2 N–H and O–H groups in total. The Bertz CT molecular complexity index is 769. The molecule has 0 heterocycles. The lowest BCUT2D eigenvalue weighted by atomic mass is 9.98. The number of hydrogen-bond acceptors (Lipinski definition) is 3. The van der Waals surface area contributed by atoms with Crippen LogP contribution >= 0.6 is 0 Å². The molecule has 1 aliphatic rings. The van der Waals surface area contributed by atoms with E-state index in [9.17, 15) is 9.59 Å². The molecule has 3 rings (SSSR count). The second-order valence-electron chi connectivity index (χ2n) is 5.89. The van der Waals surface area contributed by atoms with Gasteiger partial charge < -0.3 is 15.2 Å². The summed E-state index contributed by atoms with van der Waals surface area (Å²) < 4.78 is 5.32. The van der Waals surface area contributed by atoms with Gasteiger partial charge in [0, 0.05) is 5.92 Å². The van der Waals surface area contributed by atoms with Crippen molar-refractivity contribution in [3.63, 3.8) is 0 Å². The first-order chi connectivity index (χ1) is 12.1. The van der Waals surface area contributed by atoms with Gasteiger partial charge in [-0.05, 0) is 28.7 Å². The molecule has 0 spiro atoms. The minimum absolute atomic E-state index is 0.0548. The number of rotatable bonds is 6. The summed E-state index contributed by atoms with van der Waals surface area (Å²) in [7, 11) is 0. The van der Waals surface area contributed by atoms with E-state index in [0.717, 1.165) is 22.3 Å². The summed E-state index contributed by atoms with van der Waals surface area (Å²) in [6.07, 6.45) is 0.846. The molecule has 0 unspecified atom stereocenters. The zero-order chi connectivity index (χ0) is 17.8. The van der Waals surface area contributed by atoms with Crippen molar-refractivity contribution < 1.29 is 19.4 Å². The molecule has 5 heteroatoms. The molecule has 0 saturated carbocycles. The van der Waals surface area contributed by atoms with E-state index in [-0.39, 0.29) is 18.9 Å². The highest BCUT2D eigenvalue weighted by atomic mass is 16.5. The number of nitrogens with one attached hydrogen (secondary N) is 1. The molecule has 0 bridgehead atoms. The molecule has 0 fully saturated rings. The Morgan fingerprint density at radius 3 is 2.20 bits per heavy atom. The Morgan fingerprint density at radius 1 is 1.12 bits per heavy atom. The largest absolute Gasteiger partial charge is 0.480 e. The number of carboxylic acids is 1. The van der Waals surface area contributed by atoms with E-state index in [1.807, 2.05) is 36.4 Å². The standard InChI is InChI=1S/C20H19NO4/c1-2-7-18(19(22)23)21-20(24)25-12-17-15-10-5-3-8-13(15)14-9-4-6-11-16(14)17/h2-6,8-11,17-18H,1,7,12H2,(H,21,24)(H,22,23)/t18-/m0/s1. The minimum atomic E-state index is -1.12. The topological polar surface area (TPSA) is 75.6 Å². The smallest absolute Gasteiger partial charge is 0.407 e. The van der Waals surface area contributed by atoms with Crippen LogP contribution in [-0.2, 0) is 9.53 Å². The zero-order valence-corrected chi connectivity index (χ0v) is 13.6. The lowest BCUT2D eigenvalue weighted by Gasteiger charge is -2.16. The van der Waals surface area contributed by atoms with Crippen LogP contribution < -0.4 is 5.32 Å². The van der Waals surface area contributed by atoms with Gasteiger partial charge in [-0.25, -0.2) is 9.59 Å². The Hall–Kier alpha value is -3.08. The van der Waals surface area contributed by atoms with Crippen LogP contribution in [0.3, 0.4) is 0 Å². The van der Waals surface area contributed by atoms with Crippen LogP contribution in [0.15, 0.2) is 61.2 Å². The first-order valence-electron chi connectivity index (χ1n) is 8.07. The molecule has 1 amide bonds. The number of amides is 1. The van der Waals surface area contributed by atoms with Gasteiger partial charge in [0.2, 0.25) is 0 Å². The Balaban J connectivity index is 1.72. The summed E-state index contributed by atoms with van der Waals surface area (Å²) in [6.45, 7) is 3.65. The number of ether oxygens (including phenoxy) is 1. The van der Waals surface area contributed by atoms with Crippen molar-refractivity contribution in [1.29, 1.82) is 0 Å². The zero-order valence-electron chi connectivity index (χ0n) is 13.6. The molecule has 2 aromatic rings. The van der Waals surface area contributed by atoms with Crippen LogP contribution in [0.5, 0.6) is 0 Å². The lowest BCUT2D eigenvalue weighted by molar-refractivity contribution is -0.139. The van der Waals surface area contributed by atoms with Gasteiger partial charge in [-0.3, -0.25) is 0 Å². The van der Waals surface area contributed by atoms with Crippen molar-refractivity contribution in [3.8, 4) is 11.1 Å². The highest BCUT2D eigenvalue weighted by molar-refractivity contribution is 5.81. The molecular formula is C20H19NO4. The van der Waals surface area contributed by atoms with Gasteiger partial charge in [0.05, 0.1) is 0 Å². The molecule has 1 atom stereocenters. The molecule has 5 nitrogen and oxygen atoms in total. The lowest BCUT2D eigenvalue weighted by Crippen LogP contribution is -2.41. The fourth-order valence-corrected chi connectivity index (χ4v) is 3.17. The third-order valence-electron chi connectivity index (χ3n) is 4.34. The van der Waals surface area contributed by atoms with Crippen molar-refractivity contribution in [2.45, 2.75) is 18.4 Å². The van der Waals surface area contributed by atoms with E-state index in [1.165, 1.54) is 6.08 Å². The fraction of sp³-hybridized carbons (Fsp3) is 0.200. The molecule has 1 aliphatic carbocycles. The van der Waals surface area contributed by atoms with E-state index in [2.05, 4.69) is 24.0 Å². The van der Waals surface area contributed by atoms with E-state index in [4.69, 9.17) is 9.84 Å². The van der Waals surface area contributed by atoms with Crippen molar-refractivity contribution in [2.24, 2.45) is 0 Å². The summed E-state index contributed by atoms with van der Waals surface area (Å²) in [5.74, 6) is -1.17. The summed E-state index contributed by atoms with van der Waals surface area (Å²) in [6, 6.07) is 15.0. The number of fused-ring (bicyclic) bond motifs is 3. The van der Waals surface area contributed by atoms with Crippen LogP contribution in [0.25, 0.3) is 11.1 Å². The van der Waals surface area contributed by atoms with Crippen LogP contribution in [0.4, 0.5) is 4.79 Å². The van der Waals surface area contributed by atoms with Gasteiger partial charge in [-0.1, -0.05) is 54.6 Å². The van der Waals surface area contributed by atoms with Gasteiger partial charge in [-0.15, -0.1) is 6.58 Å². The van der Waals surface area contributed by atoms with E-state index < -0.39 is 18.1 Å². The SMILES string of the molecule is C=CC[C@H](NC(=O)OCC1c2ccccc2-c2ccccc21)C(=O)O. The molecule has 0 saturated heterocycles. The number of aliphatic carboxylic acids is 1. The van der Waals surface area contributed by atoms with Gasteiger partial charge in [0.25, 0.3) is 0 Å². The predicted molar refractivity (Wildman–Crippen MR) is 94.4 cm³/mol. The number of alkyl carbamates (subject to hydrolysis) is 1. The van der Waals surface area contributed by atoms with Crippen molar-refractivity contribution in [3.05, 3.63) is 72.3 Å². The molecule has 0 aliphatic heterocycles. The van der Waals surface area contributed by atoms with Crippen LogP contribution in [0.2, 0.25) is 0 Å². The number of carbonyl (C=O) groups is 2. The van der Waals surface area contributed by atoms with Crippen LogP contribution in [-0.4, -0.2) is 29.8 Å². The van der Waals surface area contributed by atoms with Crippen molar-refractivity contribution in [1.82, 2.24) is 5.32 Å². The van der Waals surface area contributed by atoms with E-state index >= 15 is 0 Å². The van der Waals surface area contributed by atoms with Gasteiger partial charge >= 0.3 is 12.1 Å². The summed E-state index contributed by atoms with van der Waals surface area (Å²) >= 11 is 0. The van der Waals surface area contributed by atoms with Gasteiger partial charge in [-0.2, -0.15) is 0 Å². The highest BCUT2D eigenvalue weighted by Crippen LogP contribution is 2.44. The molecule has 128 valence electrons. The Labute approximate surface area is 145 Å². The van der Waals surface area contributed by atoms with E-state index in [1.54, 1.807) is 0 Å². The number of benzene rings is 2. The highest BCUT2D eigenvalue weighted by Gasteiger charge is 2.29. The molecule has 0 radical (unpaired) electrons. The quantitative estimate of drug-likeness (QED) is 0.790. The summed E-state index contributed by atoms with van der Waals surface area (Å²) in [5.41, 5.74) is 4.50. The average Bonchev–Trinajstić information content (AvgIpc) is 2.93.